The zero-order valence-electron chi connectivity index (χ0n) is 8.00. The summed E-state index contributed by atoms with van der Waals surface area (Å²) in [7, 11) is 0. The van der Waals surface area contributed by atoms with Crippen LogP contribution in [-0.4, -0.2) is 4.98 Å². The van der Waals surface area contributed by atoms with E-state index in [1.54, 1.807) is 6.20 Å². The smallest absolute Gasteiger partial charge is 0.180 e. The summed E-state index contributed by atoms with van der Waals surface area (Å²) in [5, 5.41) is 0. The van der Waals surface area contributed by atoms with Crippen molar-refractivity contribution in [1.82, 2.24) is 4.98 Å². The second-order valence-corrected chi connectivity index (χ2v) is 2.09. The molecule has 2 heteroatoms. The lowest BCUT2D eigenvalue weighted by Crippen LogP contribution is -1.38. The van der Waals surface area contributed by atoms with Crippen molar-refractivity contribution < 1.29 is 4.42 Å². The Morgan fingerprint density at radius 1 is 1.09 bits per heavy atom. The summed E-state index contributed by atoms with van der Waals surface area (Å²) < 4.78 is 4.47. The Balaban J connectivity index is 0. The van der Waals surface area contributed by atoms with Gasteiger partial charge in [0.05, 0.1) is 6.20 Å². The van der Waals surface area contributed by atoms with E-state index in [4.69, 9.17) is 0 Å². The van der Waals surface area contributed by atoms with Gasteiger partial charge in [0.25, 0.3) is 0 Å². The average Bonchev–Trinajstić information content (AvgIpc) is 2.44. The van der Waals surface area contributed by atoms with Gasteiger partial charge in [-0.25, -0.2) is 4.98 Å². The number of hydrogen-bond acceptors (Lipinski definition) is 2. The predicted octanol–water partition coefficient (Wildman–Crippen LogP) is 3.51. The number of hydrogen-bond donors (Lipinski definition) is 0. The van der Waals surface area contributed by atoms with Crippen LogP contribution in [0.3, 0.4) is 0 Å². The molecule has 11 heavy (non-hydrogen) atoms. The van der Waals surface area contributed by atoms with Crippen molar-refractivity contribution in [2.24, 2.45) is 0 Å². The molecule has 0 aliphatic carbocycles. The highest BCUT2D eigenvalue weighted by molar-refractivity contribution is 4.56. The van der Waals surface area contributed by atoms with E-state index in [0.29, 0.717) is 0 Å². The van der Waals surface area contributed by atoms with E-state index in [9.17, 15) is 0 Å². The minimum atomic E-state index is 1.25. The molecule has 1 aromatic rings. The fraction of sp³-hybridized carbons (Fsp3) is 0.667. The molecule has 0 bridgehead atoms. The van der Waals surface area contributed by atoms with E-state index in [2.05, 4.69) is 37.1 Å². The van der Waals surface area contributed by atoms with Gasteiger partial charge in [-0.1, -0.05) is 40.5 Å². The lowest BCUT2D eigenvalue weighted by molar-refractivity contribution is 0.558. The summed E-state index contributed by atoms with van der Waals surface area (Å²) in [6, 6.07) is 0. The molecular formula is C9H19NO. The number of oxazole rings is 1. The van der Waals surface area contributed by atoms with Gasteiger partial charge in [0.15, 0.2) is 6.39 Å². The number of nitrogens with zero attached hydrogens (tertiary/aromatic N) is 1. The van der Waals surface area contributed by atoms with Gasteiger partial charge in [0.2, 0.25) is 0 Å². The average molecular weight is 157 g/mol. The normalized spacial score (nSPS) is 6.91. The van der Waals surface area contributed by atoms with Crippen molar-refractivity contribution in [3.05, 3.63) is 18.9 Å². The molecule has 1 heterocycles. The Labute approximate surface area is 69.6 Å². The monoisotopic (exact) mass is 157 g/mol. The van der Waals surface area contributed by atoms with Gasteiger partial charge in [0, 0.05) is 0 Å². The van der Waals surface area contributed by atoms with Crippen LogP contribution in [0, 0.1) is 0 Å². The van der Waals surface area contributed by atoms with Crippen molar-refractivity contribution in [2.75, 3.05) is 0 Å². The second-order valence-electron chi connectivity index (χ2n) is 2.09. The Morgan fingerprint density at radius 3 is 1.64 bits per heavy atom. The largest absolute Gasteiger partial charge is 0.452 e. The highest BCUT2D eigenvalue weighted by Crippen LogP contribution is 1.72. The molecule has 0 unspecified atom stereocenters. The van der Waals surface area contributed by atoms with Crippen LogP contribution in [0.2, 0.25) is 0 Å². The van der Waals surface area contributed by atoms with Gasteiger partial charge in [-0.05, 0) is 0 Å². The van der Waals surface area contributed by atoms with Gasteiger partial charge in [-0.15, -0.1) is 0 Å². The molecule has 0 saturated heterocycles. The molecule has 0 N–H and O–H groups in total. The van der Waals surface area contributed by atoms with E-state index in [-0.39, 0.29) is 0 Å². The van der Waals surface area contributed by atoms with Crippen LogP contribution in [0.15, 0.2) is 23.3 Å². The highest BCUT2D eigenvalue weighted by Gasteiger charge is 1.59. The molecule has 2 nitrogen and oxygen atoms in total. The van der Waals surface area contributed by atoms with E-state index in [1.807, 2.05) is 0 Å². The molecule has 0 saturated carbocycles. The van der Waals surface area contributed by atoms with E-state index in [1.165, 1.54) is 25.5 Å². The topological polar surface area (TPSA) is 26.0 Å². The lowest BCUT2D eigenvalue weighted by Gasteiger charge is -1.48. The molecular weight excluding hydrogens is 138 g/mol. The van der Waals surface area contributed by atoms with Gasteiger partial charge >= 0.3 is 0 Å². The molecule has 1 aromatic heterocycles. The quantitative estimate of drug-likeness (QED) is 0.576. The van der Waals surface area contributed by atoms with Crippen LogP contribution in [0.25, 0.3) is 0 Å². The van der Waals surface area contributed by atoms with Gasteiger partial charge in [0.1, 0.15) is 6.26 Å². The third-order valence-corrected chi connectivity index (χ3v) is 0.347. The Morgan fingerprint density at radius 2 is 1.55 bits per heavy atom. The standard InChI is InChI=1S/C3H3NO.2C3H8/c1-2-5-3-4-1;2*1-3-2/h1-3H;2*3H2,1-2H3. The molecule has 0 amide bonds. The summed E-state index contributed by atoms with van der Waals surface area (Å²) in [4.78, 5) is 3.56. The number of aromatic nitrogens is 1. The van der Waals surface area contributed by atoms with Crippen molar-refractivity contribution in [3.8, 4) is 0 Å². The van der Waals surface area contributed by atoms with Crippen LogP contribution in [0.1, 0.15) is 40.5 Å². The maximum absolute atomic E-state index is 4.47. The van der Waals surface area contributed by atoms with Crippen LogP contribution in [-0.2, 0) is 0 Å². The van der Waals surface area contributed by atoms with E-state index >= 15 is 0 Å². The minimum absolute atomic E-state index is 1.25. The van der Waals surface area contributed by atoms with Gasteiger partial charge in [-0.3, -0.25) is 0 Å². The lowest BCUT2D eigenvalue weighted by atomic mass is 10.6. The molecule has 0 radical (unpaired) electrons. The second kappa shape index (κ2) is 16.1. The van der Waals surface area contributed by atoms with Crippen molar-refractivity contribution in [3.63, 3.8) is 0 Å². The summed E-state index contributed by atoms with van der Waals surface area (Å²) in [5.41, 5.74) is 0. The third kappa shape index (κ3) is 27.0. The van der Waals surface area contributed by atoms with Crippen LogP contribution in [0.4, 0.5) is 0 Å². The molecule has 0 aromatic carbocycles. The maximum atomic E-state index is 4.47. The molecule has 0 aliphatic rings. The van der Waals surface area contributed by atoms with Crippen molar-refractivity contribution in [1.29, 1.82) is 0 Å². The molecule has 66 valence electrons. The fourth-order valence-electron chi connectivity index (χ4n) is 0.176. The van der Waals surface area contributed by atoms with Crippen molar-refractivity contribution >= 4 is 0 Å². The van der Waals surface area contributed by atoms with Crippen molar-refractivity contribution in [2.45, 2.75) is 40.5 Å². The predicted molar refractivity (Wildman–Crippen MR) is 48.4 cm³/mol. The van der Waals surface area contributed by atoms with Crippen LogP contribution < -0.4 is 0 Å². The van der Waals surface area contributed by atoms with E-state index < -0.39 is 0 Å². The first kappa shape index (κ1) is 12.8. The molecule has 0 atom stereocenters. The molecule has 0 spiro atoms. The third-order valence-electron chi connectivity index (χ3n) is 0.347. The molecule has 0 aliphatic heterocycles. The summed E-state index contributed by atoms with van der Waals surface area (Å²) in [5.74, 6) is 0. The van der Waals surface area contributed by atoms with Crippen LogP contribution in [0.5, 0.6) is 0 Å². The zero-order valence-corrected chi connectivity index (χ0v) is 8.00. The first-order valence-electron chi connectivity index (χ1n) is 4.15. The first-order chi connectivity index (χ1) is 5.33. The Kier molecular flexibility index (Phi) is 18.8. The first-order valence-corrected chi connectivity index (χ1v) is 4.15. The maximum Gasteiger partial charge on any atom is 0.180 e. The Hall–Kier alpha value is -0.790. The fourth-order valence-corrected chi connectivity index (χ4v) is 0.176. The van der Waals surface area contributed by atoms with Crippen LogP contribution >= 0.6 is 0 Å². The summed E-state index contributed by atoms with van der Waals surface area (Å²) in [6.07, 6.45) is 6.97. The van der Waals surface area contributed by atoms with E-state index in [0.717, 1.165) is 0 Å². The Bertz CT molecular complexity index is 85.1. The highest BCUT2D eigenvalue weighted by atomic mass is 16.3. The SMILES string of the molecule is CCC.CCC.c1cocn1. The summed E-state index contributed by atoms with van der Waals surface area (Å²) in [6.45, 7) is 8.50. The minimum Gasteiger partial charge on any atom is -0.452 e. The van der Waals surface area contributed by atoms with Gasteiger partial charge < -0.3 is 4.42 Å². The molecule has 0 fully saturated rings. The van der Waals surface area contributed by atoms with Gasteiger partial charge in [-0.2, -0.15) is 0 Å². The molecule has 1 rings (SSSR count). The number of rotatable bonds is 0. The summed E-state index contributed by atoms with van der Waals surface area (Å²) >= 11 is 0. The zero-order chi connectivity index (χ0) is 8.95.